The predicted molar refractivity (Wildman–Crippen MR) is 77.5 cm³/mol. The maximum Gasteiger partial charge on any atom is 0.0126 e. The molecule has 0 aliphatic heterocycles. The Morgan fingerprint density at radius 2 is 1.72 bits per heavy atom. The fourth-order valence-corrected chi connectivity index (χ4v) is 5.35. The summed E-state index contributed by atoms with van der Waals surface area (Å²) in [6, 6.07) is 0.854. The van der Waals surface area contributed by atoms with Crippen LogP contribution < -0.4 is 5.32 Å². The fourth-order valence-electron chi connectivity index (χ4n) is 5.35. The summed E-state index contributed by atoms with van der Waals surface area (Å²) in [5.41, 5.74) is 0. The molecule has 0 heterocycles. The van der Waals surface area contributed by atoms with Crippen molar-refractivity contribution in [1.82, 2.24) is 5.32 Å². The van der Waals surface area contributed by atoms with Crippen molar-refractivity contribution in [2.75, 3.05) is 7.05 Å². The second-order valence-corrected chi connectivity index (χ2v) is 7.20. The van der Waals surface area contributed by atoms with Gasteiger partial charge in [0, 0.05) is 6.04 Å². The smallest absolute Gasteiger partial charge is 0.0126 e. The molecule has 3 fully saturated rings. The molecule has 3 aliphatic carbocycles. The second-order valence-electron chi connectivity index (χ2n) is 7.20. The summed E-state index contributed by atoms with van der Waals surface area (Å²) in [6.07, 6.45) is 13.5. The van der Waals surface area contributed by atoms with E-state index < -0.39 is 0 Å². The third kappa shape index (κ3) is 2.35. The summed E-state index contributed by atoms with van der Waals surface area (Å²) in [4.78, 5) is 0. The number of nitrogens with one attached hydrogen (secondary N) is 1. The van der Waals surface area contributed by atoms with E-state index in [0.29, 0.717) is 0 Å². The lowest BCUT2D eigenvalue weighted by Crippen LogP contribution is -2.39. The first-order chi connectivity index (χ1) is 8.85. The van der Waals surface area contributed by atoms with Crippen LogP contribution in [0.2, 0.25) is 0 Å². The van der Waals surface area contributed by atoms with Crippen LogP contribution in [0, 0.1) is 29.6 Å². The van der Waals surface area contributed by atoms with Crippen LogP contribution >= 0.6 is 0 Å². The van der Waals surface area contributed by atoms with Crippen LogP contribution in [0.25, 0.3) is 0 Å². The number of hydrogen-bond donors (Lipinski definition) is 1. The molecular weight excluding hydrogens is 218 g/mol. The van der Waals surface area contributed by atoms with Crippen molar-refractivity contribution < 1.29 is 0 Å². The second kappa shape index (κ2) is 5.53. The van der Waals surface area contributed by atoms with E-state index in [1.54, 1.807) is 0 Å². The Morgan fingerprint density at radius 3 is 2.33 bits per heavy atom. The summed E-state index contributed by atoms with van der Waals surface area (Å²) in [5, 5.41) is 3.73. The molecule has 1 nitrogen and oxygen atoms in total. The first-order valence-electron chi connectivity index (χ1n) is 8.52. The topological polar surface area (TPSA) is 12.0 Å². The fraction of sp³-hybridized carbons (Fsp3) is 1.00. The van der Waals surface area contributed by atoms with Crippen LogP contribution in [-0.2, 0) is 0 Å². The minimum absolute atomic E-state index is 0.854. The summed E-state index contributed by atoms with van der Waals surface area (Å²) in [6.45, 7) is 2.39. The van der Waals surface area contributed by atoms with E-state index in [9.17, 15) is 0 Å². The highest BCUT2D eigenvalue weighted by atomic mass is 14.9. The lowest BCUT2D eigenvalue weighted by Gasteiger charge is -2.35. The van der Waals surface area contributed by atoms with Crippen LogP contribution in [-0.4, -0.2) is 13.1 Å². The maximum atomic E-state index is 3.73. The van der Waals surface area contributed by atoms with Gasteiger partial charge in [-0.3, -0.25) is 0 Å². The lowest BCUT2D eigenvalue weighted by molar-refractivity contribution is 0.194. The van der Waals surface area contributed by atoms with Gasteiger partial charge in [-0.05, 0) is 62.3 Å². The zero-order valence-corrected chi connectivity index (χ0v) is 12.3. The van der Waals surface area contributed by atoms with Crippen LogP contribution in [0.5, 0.6) is 0 Å². The molecule has 0 radical (unpaired) electrons. The van der Waals surface area contributed by atoms with E-state index in [0.717, 1.165) is 35.6 Å². The molecular formula is C17H31N. The predicted octanol–water partition coefficient (Wildman–Crippen LogP) is 4.23. The molecule has 5 atom stereocenters. The number of hydrogen-bond acceptors (Lipinski definition) is 1. The largest absolute Gasteiger partial charge is 0.316 e. The molecule has 0 aromatic heterocycles. The Labute approximate surface area is 113 Å². The van der Waals surface area contributed by atoms with Gasteiger partial charge < -0.3 is 5.32 Å². The van der Waals surface area contributed by atoms with Crippen molar-refractivity contribution >= 4 is 0 Å². The number of rotatable bonds is 4. The van der Waals surface area contributed by atoms with Gasteiger partial charge in [-0.2, -0.15) is 0 Å². The maximum absolute atomic E-state index is 3.73. The Hall–Kier alpha value is -0.0400. The van der Waals surface area contributed by atoms with E-state index in [4.69, 9.17) is 0 Å². The van der Waals surface area contributed by atoms with Gasteiger partial charge in [-0.25, -0.2) is 0 Å². The SMILES string of the molecule is CCC1CCCC(C(NC)C2C3CCCCC32)C1. The van der Waals surface area contributed by atoms with E-state index in [1.807, 2.05) is 0 Å². The lowest BCUT2D eigenvalue weighted by atomic mass is 9.75. The number of fused-ring (bicyclic) bond motifs is 1. The third-order valence-electron chi connectivity index (χ3n) is 6.38. The average molecular weight is 249 g/mol. The van der Waals surface area contributed by atoms with Gasteiger partial charge in [0.25, 0.3) is 0 Å². The minimum Gasteiger partial charge on any atom is -0.316 e. The van der Waals surface area contributed by atoms with Crippen molar-refractivity contribution in [2.24, 2.45) is 29.6 Å². The molecule has 0 saturated heterocycles. The van der Waals surface area contributed by atoms with Gasteiger partial charge in [0.15, 0.2) is 0 Å². The quantitative estimate of drug-likeness (QED) is 0.786. The van der Waals surface area contributed by atoms with E-state index in [1.165, 1.54) is 57.8 Å². The normalized spacial score (nSPS) is 45.3. The summed E-state index contributed by atoms with van der Waals surface area (Å²) < 4.78 is 0. The van der Waals surface area contributed by atoms with Crippen LogP contribution in [0.3, 0.4) is 0 Å². The van der Waals surface area contributed by atoms with Gasteiger partial charge in [0.05, 0.1) is 0 Å². The Balaban J connectivity index is 1.62. The van der Waals surface area contributed by atoms with E-state index in [-0.39, 0.29) is 0 Å². The highest BCUT2D eigenvalue weighted by molar-refractivity contribution is 5.06. The molecule has 0 amide bonds. The van der Waals surface area contributed by atoms with Crippen molar-refractivity contribution in [1.29, 1.82) is 0 Å². The van der Waals surface area contributed by atoms with Crippen LogP contribution in [0.4, 0.5) is 0 Å². The molecule has 3 rings (SSSR count). The first kappa shape index (κ1) is 13.0. The zero-order chi connectivity index (χ0) is 12.5. The summed E-state index contributed by atoms with van der Waals surface area (Å²) in [7, 11) is 2.23. The van der Waals surface area contributed by atoms with Gasteiger partial charge in [-0.1, -0.05) is 39.0 Å². The van der Waals surface area contributed by atoms with E-state index in [2.05, 4.69) is 19.3 Å². The van der Waals surface area contributed by atoms with Gasteiger partial charge in [-0.15, -0.1) is 0 Å². The van der Waals surface area contributed by atoms with Crippen LogP contribution in [0.1, 0.15) is 64.7 Å². The minimum atomic E-state index is 0.854. The van der Waals surface area contributed by atoms with Crippen LogP contribution in [0.15, 0.2) is 0 Å². The molecule has 1 N–H and O–H groups in total. The van der Waals surface area contributed by atoms with E-state index >= 15 is 0 Å². The molecule has 0 bridgehead atoms. The summed E-state index contributed by atoms with van der Waals surface area (Å²) >= 11 is 0. The van der Waals surface area contributed by atoms with Gasteiger partial charge in [0.1, 0.15) is 0 Å². The zero-order valence-electron chi connectivity index (χ0n) is 12.3. The first-order valence-corrected chi connectivity index (χ1v) is 8.52. The van der Waals surface area contributed by atoms with Crippen molar-refractivity contribution in [3.63, 3.8) is 0 Å². The molecule has 3 saturated carbocycles. The molecule has 0 spiro atoms. The average Bonchev–Trinajstić information content (AvgIpc) is 3.15. The highest BCUT2D eigenvalue weighted by Gasteiger charge is 2.55. The molecule has 3 aliphatic rings. The Kier molecular flexibility index (Phi) is 3.98. The standard InChI is InChI=1S/C17H31N/c1-3-12-7-6-8-13(11-12)17(18-2)16-14-9-4-5-10-15(14)16/h12-18H,3-11H2,1-2H3. The monoisotopic (exact) mass is 249 g/mol. The summed E-state index contributed by atoms with van der Waals surface area (Å²) in [5.74, 6) is 5.29. The van der Waals surface area contributed by atoms with Crippen molar-refractivity contribution in [3.05, 3.63) is 0 Å². The highest BCUT2D eigenvalue weighted by Crippen LogP contribution is 2.58. The van der Waals surface area contributed by atoms with Gasteiger partial charge in [0.2, 0.25) is 0 Å². The molecule has 0 aromatic carbocycles. The third-order valence-corrected chi connectivity index (χ3v) is 6.38. The Morgan fingerprint density at radius 1 is 1.00 bits per heavy atom. The van der Waals surface area contributed by atoms with Gasteiger partial charge >= 0.3 is 0 Å². The molecule has 18 heavy (non-hydrogen) atoms. The molecule has 1 heteroatoms. The van der Waals surface area contributed by atoms with Crippen molar-refractivity contribution in [2.45, 2.75) is 70.8 Å². The molecule has 5 unspecified atom stereocenters. The molecule has 104 valence electrons. The Bertz CT molecular complexity index is 263. The molecule has 0 aromatic rings. The van der Waals surface area contributed by atoms with Crippen molar-refractivity contribution in [3.8, 4) is 0 Å².